The van der Waals surface area contributed by atoms with Crippen molar-refractivity contribution in [3.05, 3.63) is 76.4 Å². The second kappa shape index (κ2) is 23.7. The molecule has 3 rings (SSSR count). The lowest BCUT2D eigenvalue weighted by atomic mass is 9.95. The maximum absolute atomic E-state index is 13.5. The average molecular weight is 579 g/mol. The van der Waals surface area contributed by atoms with Crippen molar-refractivity contribution in [2.75, 3.05) is 26.2 Å². The summed E-state index contributed by atoms with van der Waals surface area (Å²) in [6, 6.07) is 16.7. The highest BCUT2D eigenvalue weighted by atomic mass is 16.2. The molecule has 1 aliphatic heterocycles. The standard InChI is InChI=1S/C24H36N2O2.C8H10.C4H10.C2H6/c1-6-13-25(14-7-2)23(21-17-18(3)11-12-19(21)4)22(20(5)27)24(28)26-15-9-8-10-16-26;1-2-8-6-4-3-5-7-8;1-3-4-2;1-2/h11-12,17H,6-10,13-16H2,1-5H3;3-7H,2H2,1H3;3-4H2,1-2H3;1-2H3/b23-22-;;;. The van der Waals surface area contributed by atoms with Crippen LogP contribution < -0.4 is 0 Å². The largest absolute Gasteiger partial charge is 0.370 e. The van der Waals surface area contributed by atoms with Crippen molar-refractivity contribution in [3.63, 3.8) is 0 Å². The van der Waals surface area contributed by atoms with Crippen LogP contribution in [0.5, 0.6) is 0 Å². The summed E-state index contributed by atoms with van der Waals surface area (Å²) >= 11 is 0. The van der Waals surface area contributed by atoms with Crippen LogP contribution in [0.2, 0.25) is 0 Å². The molecule has 4 nitrogen and oxygen atoms in total. The topological polar surface area (TPSA) is 40.6 Å². The molecule has 0 saturated carbocycles. The van der Waals surface area contributed by atoms with E-state index in [9.17, 15) is 9.59 Å². The zero-order chi connectivity index (χ0) is 31.9. The number of benzene rings is 2. The number of hydrogen-bond donors (Lipinski definition) is 0. The van der Waals surface area contributed by atoms with Gasteiger partial charge in [-0.25, -0.2) is 0 Å². The number of nitrogens with zero attached hydrogens (tertiary/aromatic N) is 2. The first-order chi connectivity index (χ1) is 20.2. The summed E-state index contributed by atoms with van der Waals surface area (Å²) in [5.41, 5.74) is 5.85. The van der Waals surface area contributed by atoms with E-state index < -0.39 is 0 Å². The van der Waals surface area contributed by atoms with Crippen molar-refractivity contribution >= 4 is 17.4 Å². The molecule has 42 heavy (non-hydrogen) atoms. The molecule has 1 heterocycles. The summed E-state index contributed by atoms with van der Waals surface area (Å²) in [5.74, 6) is -0.232. The van der Waals surface area contributed by atoms with Gasteiger partial charge in [0.2, 0.25) is 0 Å². The maximum Gasteiger partial charge on any atom is 0.259 e. The van der Waals surface area contributed by atoms with Gasteiger partial charge >= 0.3 is 0 Å². The van der Waals surface area contributed by atoms with Gasteiger partial charge in [0.15, 0.2) is 5.78 Å². The number of amides is 1. The molecule has 1 saturated heterocycles. The van der Waals surface area contributed by atoms with Crippen LogP contribution in [0.1, 0.15) is 123 Å². The molecule has 0 radical (unpaired) electrons. The Morgan fingerprint density at radius 3 is 1.74 bits per heavy atom. The second-order valence-corrected chi connectivity index (χ2v) is 10.8. The number of likely N-dealkylation sites (tertiary alicyclic amines) is 1. The van der Waals surface area contributed by atoms with Crippen molar-refractivity contribution in [2.24, 2.45) is 0 Å². The van der Waals surface area contributed by atoms with E-state index in [0.717, 1.165) is 87.1 Å². The summed E-state index contributed by atoms with van der Waals surface area (Å²) in [6.07, 6.45) is 8.91. The second-order valence-electron chi connectivity index (χ2n) is 10.8. The fourth-order valence-corrected chi connectivity index (χ4v) is 4.72. The Balaban J connectivity index is 0.000000988. The highest BCUT2D eigenvalue weighted by molar-refractivity contribution is 6.23. The number of carbonyl (C=O) groups is 2. The van der Waals surface area contributed by atoms with Crippen molar-refractivity contribution in [3.8, 4) is 0 Å². The Morgan fingerprint density at radius 1 is 0.762 bits per heavy atom. The van der Waals surface area contributed by atoms with Gasteiger partial charge in [0.1, 0.15) is 5.57 Å². The van der Waals surface area contributed by atoms with Crippen LogP contribution in [-0.4, -0.2) is 47.7 Å². The minimum atomic E-state index is -0.135. The summed E-state index contributed by atoms with van der Waals surface area (Å²) in [7, 11) is 0. The third kappa shape index (κ3) is 13.9. The summed E-state index contributed by atoms with van der Waals surface area (Å²) in [5, 5.41) is 0. The van der Waals surface area contributed by atoms with Crippen molar-refractivity contribution in [2.45, 2.75) is 121 Å². The molecule has 0 aliphatic carbocycles. The van der Waals surface area contributed by atoms with E-state index in [1.54, 1.807) is 6.92 Å². The highest BCUT2D eigenvalue weighted by Gasteiger charge is 2.30. The van der Waals surface area contributed by atoms with E-state index in [4.69, 9.17) is 0 Å². The molecule has 0 bridgehead atoms. The number of carbonyl (C=O) groups excluding carboxylic acids is 2. The van der Waals surface area contributed by atoms with Gasteiger partial charge < -0.3 is 9.80 Å². The fraction of sp³-hybridized carbons (Fsp3) is 0.579. The number of hydrogen-bond acceptors (Lipinski definition) is 3. The lowest BCUT2D eigenvalue weighted by Crippen LogP contribution is -2.40. The quantitative estimate of drug-likeness (QED) is 0.160. The van der Waals surface area contributed by atoms with Gasteiger partial charge in [-0.1, -0.05) is 109 Å². The summed E-state index contributed by atoms with van der Waals surface area (Å²) in [6.45, 7) is 23.6. The predicted octanol–water partition coefficient (Wildman–Crippen LogP) is 9.82. The van der Waals surface area contributed by atoms with Gasteiger partial charge in [0, 0.05) is 31.7 Å². The van der Waals surface area contributed by atoms with E-state index in [1.165, 1.54) is 18.4 Å². The third-order valence-corrected chi connectivity index (χ3v) is 7.15. The molecule has 2 aromatic rings. The van der Waals surface area contributed by atoms with Crippen LogP contribution in [0.4, 0.5) is 0 Å². The number of unbranched alkanes of at least 4 members (excludes halogenated alkanes) is 1. The zero-order valence-electron chi connectivity index (χ0n) is 28.8. The Labute approximate surface area is 259 Å². The fourth-order valence-electron chi connectivity index (χ4n) is 4.72. The molecule has 236 valence electrons. The first-order valence-corrected chi connectivity index (χ1v) is 16.7. The number of rotatable bonds is 10. The molecular formula is C38H62N2O2. The first kappa shape index (κ1) is 39.1. The van der Waals surface area contributed by atoms with Crippen LogP contribution in [0, 0.1) is 13.8 Å². The molecule has 0 aromatic heterocycles. The lowest BCUT2D eigenvalue weighted by molar-refractivity contribution is -0.130. The Bertz CT molecular complexity index is 1030. The molecule has 0 unspecified atom stereocenters. The molecule has 1 fully saturated rings. The zero-order valence-corrected chi connectivity index (χ0v) is 28.8. The van der Waals surface area contributed by atoms with E-state index >= 15 is 0 Å². The average Bonchev–Trinajstić information content (AvgIpc) is 3.03. The maximum atomic E-state index is 13.5. The van der Waals surface area contributed by atoms with Gasteiger partial charge in [0.05, 0.1) is 5.70 Å². The van der Waals surface area contributed by atoms with Crippen LogP contribution in [0.15, 0.2) is 54.1 Å². The Hall–Kier alpha value is -2.88. The number of ketones is 1. The Kier molecular flexibility index (Phi) is 22.0. The third-order valence-electron chi connectivity index (χ3n) is 7.15. The Morgan fingerprint density at radius 2 is 1.31 bits per heavy atom. The molecule has 0 N–H and O–H groups in total. The molecule has 2 aromatic carbocycles. The van der Waals surface area contributed by atoms with Crippen LogP contribution in [-0.2, 0) is 16.0 Å². The van der Waals surface area contributed by atoms with Gasteiger partial charge in [-0.2, -0.15) is 0 Å². The monoisotopic (exact) mass is 578 g/mol. The van der Waals surface area contributed by atoms with Crippen LogP contribution in [0.25, 0.3) is 5.70 Å². The van der Waals surface area contributed by atoms with Gasteiger partial charge in [-0.15, -0.1) is 0 Å². The normalized spacial score (nSPS) is 12.8. The number of aryl methyl sites for hydroxylation is 3. The van der Waals surface area contributed by atoms with E-state index in [2.05, 4.69) is 95.8 Å². The van der Waals surface area contributed by atoms with Crippen LogP contribution in [0.3, 0.4) is 0 Å². The minimum absolute atomic E-state index is 0.0969. The predicted molar refractivity (Wildman–Crippen MR) is 184 cm³/mol. The van der Waals surface area contributed by atoms with Crippen molar-refractivity contribution in [1.29, 1.82) is 0 Å². The molecule has 1 aliphatic rings. The van der Waals surface area contributed by atoms with Crippen LogP contribution >= 0.6 is 0 Å². The molecule has 1 amide bonds. The molecular weight excluding hydrogens is 516 g/mol. The van der Waals surface area contributed by atoms with E-state index in [1.807, 2.05) is 24.8 Å². The van der Waals surface area contributed by atoms with E-state index in [-0.39, 0.29) is 11.7 Å². The number of Topliss-reactive ketones (excluding diaryl/α,β-unsaturated/α-hetero) is 1. The van der Waals surface area contributed by atoms with Crippen molar-refractivity contribution < 1.29 is 9.59 Å². The molecule has 4 heteroatoms. The minimum Gasteiger partial charge on any atom is -0.370 e. The molecule has 0 atom stereocenters. The summed E-state index contributed by atoms with van der Waals surface area (Å²) in [4.78, 5) is 30.4. The van der Waals surface area contributed by atoms with E-state index in [0.29, 0.717) is 5.57 Å². The van der Waals surface area contributed by atoms with Gasteiger partial charge in [-0.05, 0) is 76.5 Å². The first-order valence-electron chi connectivity index (χ1n) is 16.7. The molecule has 0 spiro atoms. The SMILES string of the molecule is CC.CCCC.CCCN(CCC)/C(=C(/C(C)=O)C(=O)N1CCCCC1)c1cc(C)ccc1C.CCc1ccccc1. The lowest BCUT2D eigenvalue weighted by Gasteiger charge is -2.33. The summed E-state index contributed by atoms with van der Waals surface area (Å²) < 4.78 is 0. The van der Waals surface area contributed by atoms with Crippen molar-refractivity contribution in [1.82, 2.24) is 9.80 Å². The highest BCUT2D eigenvalue weighted by Crippen LogP contribution is 2.30. The number of piperidine rings is 1. The smallest absolute Gasteiger partial charge is 0.259 e. The van der Waals surface area contributed by atoms with Gasteiger partial charge in [0.25, 0.3) is 5.91 Å². The van der Waals surface area contributed by atoms with Gasteiger partial charge in [-0.3, -0.25) is 9.59 Å².